The van der Waals surface area contributed by atoms with Gasteiger partial charge in [-0.3, -0.25) is 0 Å². The van der Waals surface area contributed by atoms with E-state index in [4.69, 9.17) is 22.5 Å². The molecule has 2 aliphatic heterocycles. The third kappa shape index (κ3) is 8.98. The van der Waals surface area contributed by atoms with Gasteiger partial charge in [-0.25, -0.2) is 9.97 Å². The number of halogens is 1. The average molecular weight is 1280 g/mol. The zero-order valence-electron chi connectivity index (χ0n) is 45.3. The molecule has 4 unspecified atom stereocenters. The fourth-order valence-corrected chi connectivity index (χ4v) is 33.9. The number of alkyl halides is 1. The summed E-state index contributed by atoms with van der Waals surface area (Å²) in [6.45, 7) is 28.8. The van der Waals surface area contributed by atoms with E-state index in [0.29, 0.717) is 84.7 Å². The summed E-state index contributed by atoms with van der Waals surface area (Å²) in [4.78, 5) is 9.99. The van der Waals surface area contributed by atoms with Crippen molar-refractivity contribution in [2.24, 2.45) is 47.3 Å². The summed E-state index contributed by atoms with van der Waals surface area (Å²) < 4.78 is 25.5. The number of pyridine rings is 2. The molecule has 73 heavy (non-hydrogen) atoms. The molecule has 3 N–H and O–H groups in total. The van der Waals surface area contributed by atoms with Crippen LogP contribution in [0.25, 0.3) is 33.2 Å². The molecule has 8 fully saturated rings. The molecule has 404 valence electrons. The van der Waals surface area contributed by atoms with Gasteiger partial charge in [-0.15, -0.1) is 0 Å². The van der Waals surface area contributed by atoms with E-state index in [9.17, 15) is 15.2 Å². The van der Waals surface area contributed by atoms with Crippen LogP contribution in [-0.4, -0.2) is 74.2 Å². The molecule has 17 heteroatoms. The first-order chi connectivity index (χ1) is 34.1. The van der Waals surface area contributed by atoms with Crippen LogP contribution < -0.4 is 9.31 Å². The van der Waals surface area contributed by atoms with Crippen molar-refractivity contribution < 1.29 is 71.1 Å². The normalized spacial score (nSPS) is 30.8. The van der Waals surface area contributed by atoms with Crippen LogP contribution in [0, 0.1) is 47.3 Å². The fourth-order valence-electron chi connectivity index (χ4n) is 19.5. The van der Waals surface area contributed by atoms with Crippen molar-refractivity contribution in [2.45, 2.75) is 190 Å². The third-order valence-corrected chi connectivity index (χ3v) is 35.1. The molecule has 6 heterocycles. The van der Waals surface area contributed by atoms with Crippen LogP contribution in [0.3, 0.4) is 0 Å². The Balaban J connectivity index is 0.000000172. The average Bonchev–Trinajstić information content (AvgIpc) is 3.90. The van der Waals surface area contributed by atoms with Crippen LogP contribution in [0.1, 0.15) is 158 Å². The number of nitrogens with zero attached hydrogens (tertiary/aromatic N) is 4. The molecule has 0 aromatic carbocycles. The Kier molecular flexibility index (Phi) is 16.0. The summed E-state index contributed by atoms with van der Waals surface area (Å²) in [5.74, 6) is 10.2. The van der Waals surface area contributed by atoms with Gasteiger partial charge in [-0.05, 0) is 192 Å². The molecule has 4 aromatic rings. The van der Waals surface area contributed by atoms with E-state index in [1.807, 2.05) is 24.3 Å². The van der Waals surface area contributed by atoms with Gasteiger partial charge in [0.15, 0.2) is 16.5 Å². The first-order valence-electron chi connectivity index (χ1n) is 27.8. The summed E-state index contributed by atoms with van der Waals surface area (Å²) in [7, 11) is -5.72. The van der Waals surface area contributed by atoms with Crippen molar-refractivity contribution >= 4 is 79.9 Å². The van der Waals surface area contributed by atoms with Crippen molar-refractivity contribution in [3.63, 3.8) is 0 Å². The van der Waals surface area contributed by atoms with E-state index >= 15 is 0 Å². The standard InChI is InChI=1S/C28H40BBrN2O2Si.C28H41BN2O3Si.2Ag.O/c1-16(2)35(17(3)4,18(5)6)32-8-7-22-26-23(14-29(33)34-24(26)15-31-27(22)32)25-20-9-19-10-21(25)13-28(30,11-19)12-20;1-16(2)35(17(3)4,18(5)6)31-8-7-22-26-23(14-29(33)34-24(26)15-30-27(22)31)25-20-9-19-10-21(25)13-28(32,11-19)12-20;;;/h7-8,14-21,25,33H,9-13H2,1-6H3;7-8,14-21,25,32-33H,9-13H2,1-6H3;;;. The Morgan fingerprint density at radius 2 is 0.945 bits per heavy atom. The monoisotopic (exact) mass is 1280 g/mol. The van der Waals surface area contributed by atoms with Gasteiger partial charge < -0.3 is 32.9 Å². The summed E-state index contributed by atoms with van der Waals surface area (Å²) >= 11 is 5.86. The van der Waals surface area contributed by atoms with Crippen molar-refractivity contribution in [3.05, 3.63) is 60.0 Å². The molecule has 0 amide bonds. The van der Waals surface area contributed by atoms with Crippen LogP contribution in [0.5, 0.6) is 11.5 Å². The predicted molar refractivity (Wildman–Crippen MR) is 297 cm³/mol. The van der Waals surface area contributed by atoms with E-state index in [1.54, 1.807) is 21.0 Å². The summed E-state index contributed by atoms with van der Waals surface area (Å²) in [5, 5.41) is 35.0. The number of aromatic nitrogens is 4. The van der Waals surface area contributed by atoms with Gasteiger partial charge in [0.05, 0.1) is 18.0 Å². The van der Waals surface area contributed by atoms with Crippen molar-refractivity contribution in [1.29, 1.82) is 0 Å². The first kappa shape index (κ1) is 56.4. The predicted octanol–water partition coefficient (Wildman–Crippen LogP) is 13.4. The van der Waals surface area contributed by atoms with Crippen molar-refractivity contribution in [3.8, 4) is 11.5 Å². The maximum atomic E-state index is 11.2. The zero-order valence-corrected chi connectivity index (χ0v) is 51.8. The van der Waals surface area contributed by atoms with E-state index < -0.39 is 36.3 Å². The number of hydrogen-bond donors (Lipinski definition) is 3. The molecule has 0 saturated heterocycles. The van der Waals surface area contributed by atoms with E-state index in [2.05, 4.69) is 132 Å². The molecular formula is C56H81Ag2B2BrN4O6Si2. The van der Waals surface area contributed by atoms with Crippen molar-refractivity contribution in [2.75, 3.05) is 0 Å². The fraction of sp³-hybridized carbons (Fsp3) is 0.679. The Labute approximate surface area is 474 Å². The van der Waals surface area contributed by atoms with Gasteiger partial charge >= 0.3 is 38.5 Å². The molecule has 4 atom stereocenters. The van der Waals surface area contributed by atoms with Crippen LogP contribution in [0.2, 0.25) is 33.2 Å². The molecule has 8 aliphatic carbocycles. The molecular weight excluding hydrogens is 1200 g/mol. The third-order valence-electron chi connectivity index (χ3n) is 20.6. The number of aliphatic hydroxyl groups is 1. The molecule has 4 aromatic heterocycles. The van der Waals surface area contributed by atoms with Crippen molar-refractivity contribution in [1.82, 2.24) is 18.4 Å². The second-order valence-corrected chi connectivity index (χ2v) is 39.3. The Hall–Kier alpha value is -1.34. The second kappa shape index (κ2) is 20.7. The Bertz CT molecular complexity index is 2520. The van der Waals surface area contributed by atoms with Gasteiger partial charge in [0.2, 0.25) is 0 Å². The quantitative estimate of drug-likeness (QED) is 0.106. The van der Waals surface area contributed by atoms with E-state index in [0.717, 1.165) is 53.2 Å². The Morgan fingerprint density at radius 1 is 0.603 bits per heavy atom. The van der Waals surface area contributed by atoms with Crippen LogP contribution in [0.4, 0.5) is 0 Å². The minimum absolute atomic E-state index is 0. The maximum absolute atomic E-state index is 11.2. The molecule has 10 aliphatic rings. The SMILES string of the molecule is CC(C)[Si](C(C)C)(C(C)C)n1ccc2c3c(cnc21)OB(O)C=C3C1C2CC3CC1CC(Br)(C3)C2.CC(C)[Si](C(C)C)(C(C)C)n1ccc2c3c(cnc21)OB(O)C=C3C1C2CC3CC1CC(O)(C3)C2.[Ag].[O]=[Ag]. The molecule has 14 rings (SSSR count). The summed E-state index contributed by atoms with van der Waals surface area (Å²) in [6.07, 6.45) is 20.1. The summed E-state index contributed by atoms with van der Waals surface area (Å²) in [5.41, 5.74) is 10.2. The van der Waals surface area contributed by atoms with Crippen LogP contribution in [0.15, 0.2) is 48.9 Å². The van der Waals surface area contributed by atoms with Gasteiger partial charge in [0, 0.05) is 48.6 Å². The Morgan fingerprint density at radius 3 is 1.27 bits per heavy atom. The number of rotatable bonds is 10. The van der Waals surface area contributed by atoms with Crippen LogP contribution >= 0.6 is 15.9 Å². The van der Waals surface area contributed by atoms with E-state index in [1.165, 1.54) is 67.0 Å². The number of allylic oxidation sites excluding steroid dienone is 2. The molecule has 8 bridgehead atoms. The van der Waals surface area contributed by atoms with Gasteiger partial charge in [0.1, 0.15) is 22.8 Å². The summed E-state index contributed by atoms with van der Waals surface area (Å²) in [6, 6.07) is 4.56. The second-order valence-electron chi connectivity index (χ2n) is 26.2. The van der Waals surface area contributed by atoms with Gasteiger partial charge in [-0.1, -0.05) is 99.0 Å². The molecule has 1 radical (unpaired) electrons. The molecule has 8 saturated carbocycles. The van der Waals surface area contributed by atoms with E-state index in [-0.39, 0.29) is 22.4 Å². The first-order valence-corrected chi connectivity index (χ1v) is 33.5. The minimum atomic E-state index is -1.96. The molecule has 10 nitrogen and oxygen atoms in total. The van der Waals surface area contributed by atoms with Crippen LogP contribution in [-0.2, 0) is 46.7 Å². The number of fused-ring (bicyclic) bond motifs is 6. The topological polar surface area (TPSA) is 132 Å². The molecule has 0 spiro atoms. The zero-order chi connectivity index (χ0) is 51.7. The van der Waals surface area contributed by atoms with Gasteiger partial charge in [-0.2, -0.15) is 0 Å². The van der Waals surface area contributed by atoms with Gasteiger partial charge in [0.25, 0.3) is 0 Å². The number of hydrogen-bond acceptors (Lipinski definition) is 8.